The van der Waals surface area contributed by atoms with Crippen LogP contribution in [-0.4, -0.2) is 43.6 Å². The van der Waals surface area contributed by atoms with E-state index in [-0.39, 0.29) is 17.6 Å². The number of morpholine rings is 1. The van der Waals surface area contributed by atoms with E-state index < -0.39 is 10.0 Å². The summed E-state index contributed by atoms with van der Waals surface area (Å²) in [5, 5.41) is 11.0. The average Bonchev–Trinajstić information content (AvgIpc) is 2.71. The summed E-state index contributed by atoms with van der Waals surface area (Å²) in [4.78, 5) is 0.774. The number of aliphatic hydroxyl groups is 1. The molecule has 0 bridgehead atoms. The van der Waals surface area contributed by atoms with Gasteiger partial charge in [-0.05, 0) is 24.8 Å². The molecule has 1 aromatic heterocycles. The molecule has 0 aliphatic carbocycles. The van der Waals surface area contributed by atoms with Gasteiger partial charge >= 0.3 is 0 Å². The SMILES string of the molecule is Cc1csc(CO)c1S(=O)(=O)N1CCOC(C)C1. The second-order valence-electron chi connectivity index (χ2n) is 4.37. The van der Waals surface area contributed by atoms with E-state index in [0.29, 0.717) is 30.1 Å². The van der Waals surface area contributed by atoms with Crippen LogP contribution in [-0.2, 0) is 21.4 Å². The van der Waals surface area contributed by atoms with Gasteiger partial charge < -0.3 is 9.84 Å². The molecular formula is C11H17NO4S2. The molecule has 0 spiro atoms. The van der Waals surface area contributed by atoms with Gasteiger partial charge in [-0.3, -0.25) is 0 Å². The van der Waals surface area contributed by atoms with Crippen molar-refractivity contribution in [3.8, 4) is 0 Å². The largest absolute Gasteiger partial charge is 0.391 e. The van der Waals surface area contributed by atoms with E-state index in [9.17, 15) is 13.5 Å². The molecule has 1 aromatic rings. The minimum absolute atomic E-state index is 0.0926. The summed E-state index contributed by atoms with van der Waals surface area (Å²) in [5.74, 6) is 0. The van der Waals surface area contributed by atoms with Crippen LogP contribution < -0.4 is 0 Å². The Hall–Kier alpha value is -0.470. The number of sulfonamides is 1. The van der Waals surface area contributed by atoms with E-state index in [0.717, 1.165) is 0 Å². The van der Waals surface area contributed by atoms with E-state index in [1.54, 1.807) is 12.3 Å². The molecule has 0 amide bonds. The Labute approximate surface area is 111 Å². The highest BCUT2D eigenvalue weighted by molar-refractivity contribution is 7.89. The molecular weight excluding hydrogens is 274 g/mol. The molecule has 1 atom stereocenters. The number of thiophene rings is 1. The molecule has 0 aromatic carbocycles. The minimum Gasteiger partial charge on any atom is -0.391 e. The summed E-state index contributed by atoms with van der Waals surface area (Å²) in [5.41, 5.74) is 0.697. The lowest BCUT2D eigenvalue weighted by molar-refractivity contribution is 0.0101. The van der Waals surface area contributed by atoms with Crippen LogP contribution >= 0.6 is 11.3 Å². The molecule has 18 heavy (non-hydrogen) atoms. The van der Waals surface area contributed by atoms with E-state index in [1.807, 2.05) is 6.92 Å². The molecule has 2 heterocycles. The quantitative estimate of drug-likeness (QED) is 0.900. The van der Waals surface area contributed by atoms with Crippen LogP contribution in [0.2, 0.25) is 0 Å². The number of hydrogen-bond acceptors (Lipinski definition) is 5. The van der Waals surface area contributed by atoms with Gasteiger partial charge in [0, 0.05) is 13.1 Å². The zero-order chi connectivity index (χ0) is 13.3. The zero-order valence-electron chi connectivity index (χ0n) is 10.4. The van der Waals surface area contributed by atoms with Crippen LogP contribution in [0.5, 0.6) is 0 Å². The highest BCUT2D eigenvalue weighted by Crippen LogP contribution is 2.30. The van der Waals surface area contributed by atoms with Crippen LogP contribution in [0.1, 0.15) is 17.4 Å². The van der Waals surface area contributed by atoms with Crippen molar-refractivity contribution in [3.63, 3.8) is 0 Å². The molecule has 1 N–H and O–H groups in total. The zero-order valence-corrected chi connectivity index (χ0v) is 12.1. The fourth-order valence-electron chi connectivity index (χ4n) is 2.08. The third-order valence-electron chi connectivity index (χ3n) is 2.93. The molecule has 2 rings (SSSR count). The van der Waals surface area contributed by atoms with Crippen molar-refractivity contribution < 1.29 is 18.3 Å². The second-order valence-corrected chi connectivity index (χ2v) is 7.21. The molecule has 1 aliphatic heterocycles. The van der Waals surface area contributed by atoms with E-state index >= 15 is 0 Å². The number of ether oxygens (including phenoxy) is 1. The first-order valence-electron chi connectivity index (χ1n) is 5.76. The van der Waals surface area contributed by atoms with Crippen molar-refractivity contribution >= 4 is 21.4 Å². The van der Waals surface area contributed by atoms with E-state index in [1.165, 1.54) is 15.6 Å². The lowest BCUT2D eigenvalue weighted by atomic mass is 10.3. The number of nitrogens with zero attached hydrogens (tertiary/aromatic N) is 1. The first kappa shape index (κ1) is 14.0. The Morgan fingerprint density at radius 3 is 2.94 bits per heavy atom. The van der Waals surface area contributed by atoms with Gasteiger partial charge in [-0.25, -0.2) is 8.42 Å². The average molecular weight is 291 g/mol. The third-order valence-corrected chi connectivity index (χ3v) is 6.25. The Balaban J connectivity index is 2.38. The van der Waals surface area contributed by atoms with Crippen LogP contribution in [0.25, 0.3) is 0 Å². The summed E-state index contributed by atoms with van der Waals surface area (Å²) in [7, 11) is -3.52. The van der Waals surface area contributed by atoms with Crippen LogP contribution in [0.3, 0.4) is 0 Å². The van der Waals surface area contributed by atoms with E-state index in [4.69, 9.17) is 4.74 Å². The van der Waals surface area contributed by atoms with Gasteiger partial charge in [0.1, 0.15) is 4.90 Å². The fraction of sp³-hybridized carbons (Fsp3) is 0.636. The van der Waals surface area contributed by atoms with Gasteiger partial charge in [0.25, 0.3) is 0 Å². The Bertz CT molecular complexity index is 523. The van der Waals surface area contributed by atoms with Gasteiger partial charge in [0.15, 0.2) is 0 Å². The maximum Gasteiger partial charge on any atom is 0.244 e. The van der Waals surface area contributed by atoms with Gasteiger partial charge in [0.2, 0.25) is 10.0 Å². The molecule has 1 fully saturated rings. The molecule has 1 saturated heterocycles. The highest BCUT2D eigenvalue weighted by Gasteiger charge is 2.32. The van der Waals surface area contributed by atoms with Gasteiger partial charge in [-0.15, -0.1) is 11.3 Å². The van der Waals surface area contributed by atoms with Crippen LogP contribution in [0.15, 0.2) is 10.3 Å². The van der Waals surface area contributed by atoms with Crippen LogP contribution in [0, 0.1) is 6.92 Å². The van der Waals surface area contributed by atoms with E-state index in [2.05, 4.69) is 0 Å². The van der Waals surface area contributed by atoms with Crippen molar-refractivity contribution in [3.05, 3.63) is 15.8 Å². The second kappa shape index (κ2) is 5.26. The number of aryl methyl sites for hydroxylation is 1. The highest BCUT2D eigenvalue weighted by atomic mass is 32.2. The van der Waals surface area contributed by atoms with Gasteiger partial charge in [0.05, 0.1) is 24.2 Å². The lowest BCUT2D eigenvalue weighted by Gasteiger charge is -2.30. The Morgan fingerprint density at radius 1 is 1.61 bits per heavy atom. The predicted molar refractivity (Wildman–Crippen MR) is 69.2 cm³/mol. The summed E-state index contributed by atoms with van der Waals surface area (Å²) >= 11 is 1.28. The van der Waals surface area contributed by atoms with Crippen LogP contribution in [0.4, 0.5) is 0 Å². The summed E-state index contributed by atoms with van der Waals surface area (Å²) < 4.78 is 31.9. The lowest BCUT2D eigenvalue weighted by Crippen LogP contribution is -2.44. The van der Waals surface area contributed by atoms with Crippen molar-refractivity contribution in [1.29, 1.82) is 0 Å². The van der Waals surface area contributed by atoms with Crippen molar-refractivity contribution in [2.24, 2.45) is 0 Å². The fourth-order valence-corrected chi connectivity index (χ4v) is 5.19. The maximum absolute atomic E-state index is 12.6. The van der Waals surface area contributed by atoms with Gasteiger partial charge in [-0.1, -0.05) is 0 Å². The third kappa shape index (κ3) is 2.46. The summed E-state index contributed by atoms with van der Waals surface area (Å²) in [6.45, 7) is 4.52. The standard InChI is InChI=1S/C11H17NO4S2/c1-8-7-17-10(6-13)11(8)18(14,15)12-3-4-16-9(2)5-12/h7,9,13H,3-6H2,1-2H3. The summed E-state index contributed by atoms with van der Waals surface area (Å²) in [6, 6.07) is 0. The molecule has 1 unspecified atom stereocenters. The molecule has 1 aliphatic rings. The van der Waals surface area contributed by atoms with Crippen molar-refractivity contribution in [2.75, 3.05) is 19.7 Å². The number of aliphatic hydroxyl groups excluding tert-OH is 1. The molecule has 0 saturated carbocycles. The number of hydrogen-bond donors (Lipinski definition) is 1. The van der Waals surface area contributed by atoms with Gasteiger partial charge in [-0.2, -0.15) is 4.31 Å². The topological polar surface area (TPSA) is 66.8 Å². The van der Waals surface area contributed by atoms with Crippen molar-refractivity contribution in [1.82, 2.24) is 4.31 Å². The predicted octanol–water partition coefficient (Wildman–Crippen LogP) is 0.958. The monoisotopic (exact) mass is 291 g/mol. The smallest absolute Gasteiger partial charge is 0.244 e. The number of rotatable bonds is 3. The normalized spacial score (nSPS) is 22.3. The minimum atomic E-state index is -3.52. The first-order chi connectivity index (χ1) is 8.46. The summed E-state index contributed by atoms with van der Waals surface area (Å²) in [6.07, 6.45) is -0.0926. The Kier molecular flexibility index (Phi) is 4.08. The first-order valence-corrected chi connectivity index (χ1v) is 8.08. The molecule has 0 radical (unpaired) electrons. The maximum atomic E-state index is 12.6. The van der Waals surface area contributed by atoms with Crippen molar-refractivity contribution in [2.45, 2.75) is 31.5 Å². The molecule has 7 heteroatoms. The Morgan fingerprint density at radius 2 is 2.33 bits per heavy atom. The molecule has 5 nitrogen and oxygen atoms in total. The molecule has 102 valence electrons.